The first-order valence-electron chi connectivity index (χ1n) is 11.7. The molecule has 0 spiro atoms. The molecule has 4 rings (SSSR count). The number of hydrogen-bond donors (Lipinski definition) is 2. The van der Waals surface area contributed by atoms with Crippen LogP contribution in [-0.4, -0.2) is 51.8 Å². The fourth-order valence-electron chi connectivity index (χ4n) is 8.76. The molecular weight excluding hydrogens is 359 g/mol. The van der Waals surface area contributed by atoms with Crippen LogP contribution in [0.15, 0.2) is 0 Å². The van der Waals surface area contributed by atoms with Crippen LogP contribution in [0.1, 0.15) is 91.4 Å². The molecular formula is C24H40NaO3. The third-order valence-electron chi connectivity index (χ3n) is 10.2. The maximum absolute atomic E-state index is 11.0. The van der Waals surface area contributed by atoms with Gasteiger partial charge < -0.3 is 10.2 Å². The molecule has 0 aromatic rings. The van der Waals surface area contributed by atoms with Crippen LogP contribution in [0.2, 0.25) is 0 Å². The van der Waals surface area contributed by atoms with Crippen LogP contribution in [-0.2, 0) is 4.79 Å². The summed E-state index contributed by atoms with van der Waals surface area (Å²) in [6.07, 6.45) is 12.4. The average Bonchev–Trinajstić information content (AvgIpc) is 2.97. The second-order valence-corrected chi connectivity index (χ2v) is 11.2. The fraction of sp³-hybridized carbons (Fsp3) is 0.958. The number of hydrogen-bond acceptors (Lipinski definition) is 2. The van der Waals surface area contributed by atoms with E-state index in [9.17, 15) is 9.90 Å². The van der Waals surface area contributed by atoms with E-state index in [2.05, 4.69) is 20.8 Å². The third kappa shape index (κ3) is 3.76. The zero-order chi connectivity index (χ0) is 19.4. The molecule has 4 saturated carbocycles. The van der Waals surface area contributed by atoms with Gasteiger partial charge in [0.15, 0.2) is 0 Å². The summed E-state index contributed by atoms with van der Waals surface area (Å²) in [6, 6.07) is 0. The summed E-state index contributed by atoms with van der Waals surface area (Å²) >= 11 is 0. The SMILES string of the molecule is C[C@H](CCC(=O)O)[C@H]1CC[C@H]2[C@@H]3CC[C@@H]4C[C@H](O)CC[C@]4(C)[C@H]3CC[C@]12C.[Na]. The van der Waals surface area contributed by atoms with Crippen LogP contribution < -0.4 is 0 Å². The topological polar surface area (TPSA) is 57.5 Å². The number of aliphatic carboxylic acids is 1. The number of carboxylic acids is 1. The van der Waals surface area contributed by atoms with Gasteiger partial charge >= 0.3 is 5.97 Å². The molecule has 9 atom stereocenters. The van der Waals surface area contributed by atoms with E-state index < -0.39 is 5.97 Å². The summed E-state index contributed by atoms with van der Waals surface area (Å²) in [5.41, 5.74) is 0.882. The summed E-state index contributed by atoms with van der Waals surface area (Å²) in [5, 5.41) is 19.3. The molecule has 155 valence electrons. The quantitative estimate of drug-likeness (QED) is 0.645. The molecule has 0 aromatic heterocycles. The summed E-state index contributed by atoms with van der Waals surface area (Å²) in [5.74, 6) is 3.91. The Balaban J connectivity index is 0.00000225. The maximum Gasteiger partial charge on any atom is 0.303 e. The van der Waals surface area contributed by atoms with Crippen LogP contribution in [0.25, 0.3) is 0 Å². The standard InChI is InChI=1S/C24H40O3.Na/c1-15(4-9-22(26)27)19-7-8-20-18-6-5-16-14-17(25)10-12-23(16,2)21(18)11-13-24(19,20)3;/h15-21,25H,4-14H2,1-3H3,(H,26,27);/t15-,16-,17-,18+,19-,20+,21+,23+,24-;/m1./s1. The van der Waals surface area contributed by atoms with Crippen molar-refractivity contribution in [2.75, 3.05) is 0 Å². The van der Waals surface area contributed by atoms with Gasteiger partial charge in [0.25, 0.3) is 0 Å². The van der Waals surface area contributed by atoms with Crippen molar-refractivity contribution in [3.05, 3.63) is 0 Å². The second kappa shape index (κ2) is 8.52. The predicted molar refractivity (Wildman–Crippen MR) is 113 cm³/mol. The molecule has 2 N–H and O–H groups in total. The molecule has 4 aliphatic carbocycles. The van der Waals surface area contributed by atoms with Crippen molar-refractivity contribution in [1.82, 2.24) is 0 Å². The van der Waals surface area contributed by atoms with E-state index in [1.165, 1.54) is 44.9 Å². The summed E-state index contributed by atoms with van der Waals surface area (Å²) < 4.78 is 0. The van der Waals surface area contributed by atoms with Crippen LogP contribution >= 0.6 is 0 Å². The van der Waals surface area contributed by atoms with Gasteiger partial charge in [-0.3, -0.25) is 4.79 Å². The van der Waals surface area contributed by atoms with E-state index in [-0.39, 0.29) is 35.7 Å². The number of carboxylic acid groups (broad SMARTS) is 1. The third-order valence-corrected chi connectivity index (χ3v) is 10.2. The van der Waals surface area contributed by atoms with E-state index in [1.807, 2.05) is 0 Å². The van der Waals surface area contributed by atoms with E-state index in [1.54, 1.807) is 0 Å². The number of aliphatic hydroxyl groups is 1. The number of aliphatic hydroxyl groups excluding tert-OH is 1. The molecule has 0 saturated heterocycles. The molecule has 1 radical (unpaired) electrons. The number of carbonyl (C=O) groups is 1. The molecule has 4 heteroatoms. The maximum atomic E-state index is 11.0. The van der Waals surface area contributed by atoms with Gasteiger partial charge in [-0.2, -0.15) is 0 Å². The Morgan fingerprint density at radius 2 is 1.68 bits per heavy atom. The van der Waals surface area contributed by atoms with Gasteiger partial charge in [0, 0.05) is 36.0 Å². The van der Waals surface area contributed by atoms with Gasteiger partial charge in [-0.25, -0.2) is 0 Å². The zero-order valence-electron chi connectivity index (χ0n) is 18.6. The Kier molecular flexibility index (Phi) is 7.03. The van der Waals surface area contributed by atoms with Crippen molar-refractivity contribution in [2.24, 2.45) is 46.3 Å². The van der Waals surface area contributed by atoms with E-state index >= 15 is 0 Å². The number of rotatable bonds is 4. The smallest absolute Gasteiger partial charge is 0.303 e. The Hall–Kier alpha value is 0.430. The van der Waals surface area contributed by atoms with E-state index in [0.29, 0.717) is 29.1 Å². The van der Waals surface area contributed by atoms with Gasteiger partial charge in [-0.1, -0.05) is 20.8 Å². The fourth-order valence-corrected chi connectivity index (χ4v) is 8.76. The van der Waals surface area contributed by atoms with Gasteiger partial charge in [0.1, 0.15) is 0 Å². The van der Waals surface area contributed by atoms with Crippen molar-refractivity contribution in [3.63, 3.8) is 0 Å². The Morgan fingerprint density at radius 1 is 1.00 bits per heavy atom. The normalized spacial score (nSPS) is 48.6. The Bertz CT molecular complexity index is 580. The summed E-state index contributed by atoms with van der Waals surface area (Å²) in [7, 11) is 0. The molecule has 0 unspecified atom stereocenters. The van der Waals surface area contributed by atoms with Crippen LogP contribution in [0.5, 0.6) is 0 Å². The monoisotopic (exact) mass is 399 g/mol. The van der Waals surface area contributed by atoms with Crippen molar-refractivity contribution in [1.29, 1.82) is 0 Å². The molecule has 4 aliphatic rings. The van der Waals surface area contributed by atoms with Crippen molar-refractivity contribution >= 4 is 35.5 Å². The van der Waals surface area contributed by atoms with Crippen LogP contribution in [0, 0.1) is 46.3 Å². The van der Waals surface area contributed by atoms with E-state index in [4.69, 9.17) is 5.11 Å². The minimum Gasteiger partial charge on any atom is -0.481 e. The molecule has 28 heavy (non-hydrogen) atoms. The summed E-state index contributed by atoms with van der Waals surface area (Å²) in [6.45, 7) is 7.43. The molecule has 0 amide bonds. The molecule has 0 heterocycles. The molecule has 0 aliphatic heterocycles. The second-order valence-electron chi connectivity index (χ2n) is 11.2. The molecule has 0 aromatic carbocycles. The zero-order valence-corrected chi connectivity index (χ0v) is 20.6. The first-order chi connectivity index (χ1) is 12.8. The Morgan fingerprint density at radius 3 is 2.39 bits per heavy atom. The van der Waals surface area contributed by atoms with Gasteiger partial charge in [0.05, 0.1) is 6.10 Å². The van der Waals surface area contributed by atoms with Gasteiger partial charge in [-0.05, 0) is 111 Å². The van der Waals surface area contributed by atoms with Crippen molar-refractivity contribution in [3.8, 4) is 0 Å². The van der Waals surface area contributed by atoms with E-state index in [0.717, 1.165) is 42.9 Å². The molecule has 0 bridgehead atoms. The minimum absolute atomic E-state index is 0. The van der Waals surface area contributed by atoms with Gasteiger partial charge in [-0.15, -0.1) is 0 Å². The average molecular weight is 400 g/mol. The number of fused-ring (bicyclic) bond motifs is 5. The minimum atomic E-state index is -0.643. The largest absolute Gasteiger partial charge is 0.481 e. The van der Waals surface area contributed by atoms with Crippen molar-refractivity contribution in [2.45, 2.75) is 97.5 Å². The summed E-state index contributed by atoms with van der Waals surface area (Å²) in [4.78, 5) is 11.0. The molecule has 4 fully saturated rings. The van der Waals surface area contributed by atoms with Crippen LogP contribution in [0.3, 0.4) is 0 Å². The van der Waals surface area contributed by atoms with Crippen LogP contribution in [0.4, 0.5) is 0 Å². The van der Waals surface area contributed by atoms with Gasteiger partial charge in [0.2, 0.25) is 0 Å². The Labute approximate surface area is 193 Å². The van der Waals surface area contributed by atoms with Crippen molar-refractivity contribution < 1.29 is 15.0 Å². The predicted octanol–water partition coefficient (Wildman–Crippen LogP) is 5.13. The first kappa shape index (κ1) is 23.1. The first-order valence-corrected chi connectivity index (χ1v) is 11.7. The molecule has 3 nitrogen and oxygen atoms in total.